The molecular formula is C13H19N5O. The molecular weight excluding hydrogens is 242 g/mol. The molecule has 6 nitrogen and oxygen atoms in total. The zero-order chi connectivity index (χ0) is 13.7. The molecule has 1 heterocycles. The van der Waals surface area contributed by atoms with Crippen LogP contribution < -0.4 is 16.0 Å². The van der Waals surface area contributed by atoms with Crippen molar-refractivity contribution < 1.29 is 4.74 Å². The first kappa shape index (κ1) is 13.5. The maximum absolute atomic E-state index is 5.74. The van der Waals surface area contributed by atoms with E-state index in [-0.39, 0.29) is 0 Å². The molecule has 0 saturated carbocycles. The fourth-order valence-electron chi connectivity index (χ4n) is 1.77. The van der Waals surface area contributed by atoms with Gasteiger partial charge in [0.15, 0.2) is 0 Å². The van der Waals surface area contributed by atoms with Crippen LogP contribution in [0.1, 0.15) is 6.42 Å². The lowest BCUT2D eigenvalue weighted by atomic mass is 10.2. The Bertz CT molecular complexity index is 544. The third-order valence-electron chi connectivity index (χ3n) is 2.69. The Morgan fingerprint density at radius 1 is 1.26 bits per heavy atom. The van der Waals surface area contributed by atoms with Crippen LogP contribution in [0.25, 0.3) is 10.9 Å². The molecule has 0 fully saturated rings. The van der Waals surface area contributed by atoms with E-state index in [0.717, 1.165) is 23.9 Å². The van der Waals surface area contributed by atoms with Crippen LogP contribution in [0, 0.1) is 0 Å². The molecule has 0 radical (unpaired) electrons. The van der Waals surface area contributed by atoms with Crippen molar-refractivity contribution in [3.8, 4) is 5.88 Å². The van der Waals surface area contributed by atoms with Crippen LogP contribution in [0.5, 0.6) is 5.88 Å². The SMILES string of the molecule is CN(C)CCCOc1nc(NN)nc2ccccc12. The van der Waals surface area contributed by atoms with Crippen molar-refractivity contribution in [2.24, 2.45) is 5.84 Å². The van der Waals surface area contributed by atoms with Gasteiger partial charge in [0.25, 0.3) is 0 Å². The lowest BCUT2D eigenvalue weighted by molar-refractivity contribution is 0.276. The van der Waals surface area contributed by atoms with Crippen molar-refractivity contribution >= 4 is 16.9 Å². The molecule has 0 bridgehead atoms. The third kappa shape index (κ3) is 3.52. The molecule has 102 valence electrons. The zero-order valence-electron chi connectivity index (χ0n) is 11.3. The summed E-state index contributed by atoms with van der Waals surface area (Å²) >= 11 is 0. The van der Waals surface area contributed by atoms with Gasteiger partial charge in [0.1, 0.15) is 0 Å². The zero-order valence-corrected chi connectivity index (χ0v) is 11.3. The van der Waals surface area contributed by atoms with E-state index in [9.17, 15) is 0 Å². The van der Waals surface area contributed by atoms with Crippen LogP contribution in [0.4, 0.5) is 5.95 Å². The van der Waals surface area contributed by atoms with Crippen molar-refractivity contribution in [1.82, 2.24) is 14.9 Å². The summed E-state index contributed by atoms with van der Waals surface area (Å²) in [6, 6.07) is 7.71. The molecule has 0 aliphatic rings. The monoisotopic (exact) mass is 261 g/mol. The average Bonchev–Trinajstić information content (AvgIpc) is 2.42. The van der Waals surface area contributed by atoms with E-state index in [1.54, 1.807) is 0 Å². The van der Waals surface area contributed by atoms with Crippen molar-refractivity contribution in [1.29, 1.82) is 0 Å². The number of nitrogen functional groups attached to an aromatic ring is 1. The molecule has 6 heteroatoms. The van der Waals surface area contributed by atoms with Gasteiger partial charge in [-0.15, -0.1) is 0 Å². The summed E-state index contributed by atoms with van der Waals surface area (Å²) < 4.78 is 5.74. The number of rotatable bonds is 6. The number of hydrogen-bond donors (Lipinski definition) is 2. The highest BCUT2D eigenvalue weighted by atomic mass is 16.5. The summed E-state index contributed by atoms with van der Waals surface area (Å²) in [6.45, 7) is 1.59. The van der Waals surface area contributed by atoms with E-state index in [4.69, 9.17) is 10.6 Å². The molecule has 1 aromatic heterocycles. The molecule has 0 aliphatic carbocycles. The van der Waals surface area contributed by atoms with Gasteiger partial charge in [-0.3, -0.25) is 5.43 Å². The normalized spacial score (nSPS) is 10.9. The van der Waals surface area contributed by atoms with Gasteiger partial charge < -0.3 is 9.64 Å². The Morgan fingerprint density at radius 2 is 2.05 bits per heavy atom. The molecule has 3 N–H and O–H groups in total. The molecule has 0 saturated heterocycles. The van der Waals surface area contributed by atoms with Gasteiger partial charge in [0.05, 0.1) is 17.5 Å². The van der Waals surface area contributed by atoms with Gasteiger partial charge in [-0.25, -0.2) is 10.8 Å². The molecule has 0 spiro atoms. The van der Waals surface area contributed by atoms with Gasteiger partial charge in [-0.2, -0.15) is 4.98 Å². The van der Waals surface area contributed by atoms with E-state index in [1.165, 1.54) is 0 Å². The summed E-state index contributed by atoms with van der Waals surface area (Å²) in [6.07, 6.45) is 0.941. The largest absolute Gasteiger partial charge is 0.477 e. The number of hydrazine groups is 1. The van der Waals surface area contributed by atoms with Crippen molar-refractivity contribution in [3.05, 3.63) is 24.3 Å². The summed E-state index contributed by atoms with van der Waals surface area (Å²) in [5.41, 5.74) is 3.27. The minimum Gasteiger partial charge on any atom is -0.477 e. The predicted octanol–water partition coefficient (Wildman–Crippen LogP) is 1.25. The molecule has 1 aromatic carbocycles. The highest BCUT2D eigenvalue weighted by molar-refractivity contribution is 5.84. The Morgan fingerprint density at radius 3 is 2.79 bits per heavy atom. The number of nitrogens with two attached hydrogens (primary N) is 1. The second-order valence-corrected chi connectivity index (χ2v) is 4.52. The predicted molar refractivity (Wildman–Crippen MR) is 76.0 cm³/mol. The Kier molecular flexibility index (Phi) is 4.48. The van der Waals surface area contributed by atoms with Crippen molar-refractivity contribution in [2.75, 3.05) is 32.7 Å². The number of anilines is 1. The van der Waals surface area contributed by atoms with Crippen LogP contribution in [-0.4, -0.2) is 42.1 Å². The van der Waals surface area contributed by atoms with Gasteiger partial charge in [0.2, 0.25) is 11.8 Å². The molecule has 0 amide bonds. The molecule has 19 heavy (non-hydrogen) atoms. The highest BCUT2D eigenvalue weighted by Crippen LogP contribution is 2.23. The van der Waals surface area contributed by atoms with E-state index >= 15 is 0 Å². The average molecular weight is 261 g/mol. The number of para-hydroxylation sites is 1. The minimum absolute atomic E-state index is 0.362. The number of aromatic nitrogens is 2. The van der Waals surface area contributed by atoms with Crippen LogP contribution in [-0.2, 0) is 0 Å². The van der Waals surface area contributed by atoms with Gasteiger partial charge in [0, 0.05) is 6.54 Å². The molecule has 2 rings (SSSR count). The van der Waals surface area contributed by atoms with E-state index in [2.05, 4.69) is 20.3 Å². The van der Waals surface area contributed by atoms with Crippen LogP contribution in [0.2, 0.25) is 0 Å². The van der Waals surface area contributed by atoms with Crippen LogP contribution in [0.3, 0.4) is 0 Å². The Labute approximate surface area is 112 Å². The maximum Gasteiger partial charge on any atom is 0.241 e. The smallest absolute Gasteiger partial charge is 0.241 e. The lowest BCUT2D eigenvalue weighted by Gasteiger charge is -2.11. The fraction of sp³-hybridized carbons (Fsp3) is 0.385. The first-order chi connectivity index (χ1) is 9.20. The molecule has 0 unspecified atom stereocenters. The van der Waals surface area contributed by atoms with E-state index < -0.39 is 0 Å². The number of hydrogen-bond acceptors (Lipinski definition) is 6. The van der Waals surface area contributed by atoms with Crippen LogP contribution >= 0.6 is 0 Å². The van der Waals surface area contributed by atoms with Crippen molar-refractivity contribution in [2.45, 2.75) is 6.42 Å². The summed E-state index contributed by atoms with van der Waals surface area (Å²) in [7, 11) is 4.08. The molecule has 0 aliphatic heterocycles. The third-order valence-corrected chi connectivity index (χ3v) is 2.69. The second kappa shape index (κ2) is 6.31. The minimum atomic E-state index is 0.362. The number of fused-ring (bicyclic) bond motifs is 1. The van der Waals surface area contributed by atoms with Crippen molar-refractivity contribution in [3.63, 3.8) is 0 Å². The molecule has 0 atom stereocenters. The Hall–Kier alpha value is -1.92. The number of benzene rings is 1. The lowest BCUT2D eigenvalue weighted by Crippen LogP contribution is -2.16. The van der Waals surface area contributed by atoms with Crippen LogP contribution in [0.15, 0.2) is 24.3 Å². The summed E-state index contributed by atoms with van der Waals surface area (Å²) in [4.78, 5) is 10.6. The number of nitrogens with zero attached hydrogens (tertiary/aromatic N) is 3. The second-order valence-electron chi connectivity index (χ2n) is 4.52. The standard InChI is InChI=1S/C13H19N5O/c1-18(2)8-5-9-19-12-10-6-3-4-7-11(10)15-13(16-12)17-14/h3-4,6-7H,5,8-9,14H2,1-2H3,(H,15,16,17). The van der Waals surface area contributed by atoms with Gasteiger partial charge >= 0.3 is 0 Å². The first-order valence-electron chi connectivity index (χ1n) is 6.21. The first-order valence-corrected chi connectivity index (χ1v) is 6.21. The van der Waals surface area contributed by atoms with E-state index in [1.807, 2.05) is 38.4 Å². The molecule has 2 aromatic rings. The number of ether oxygens (including phenoxy) is 1. The highest BCUT2D eigenvalue weighted by Gasteiger charge is 2.07. The van der Waals surface area contributed by atoms with Gasteiger partial charge in [-0.1, -0.05) is 12.1 Å². The van der Waals surface area contributed by atoms with Gasteiger partial charge in [-0.05, 0) is 32.6 Å². The van der Waals surface area contributed by atoms with E-state index in [0.29, 0.717) is 18.4 Å². The number of nitrogens with one attached hydrogen (secondary N) is 1. The summed E-state index contributed by atoms with van der Waals surface area (Å²) in [5, 5.41) is 0.895. The fourth-order valence-corrected chi connectivity index (χ4v) is 1.77. The maximum atomic E-state index is 5.74. The summed E-state index contributed by atoms with van der Waals surface area (Å²) in [5.74, 6) is 6.30. The topological polar surface area (TPSA) is 76.3 Å². The quantitative estimate of drug-likeness (QED) is 0.463. The Balaban J connectivity index is 2.16.